The Labute approximate surface area is 189 Å². The van der Waals surface area contributed by atoms with Crippen LogP contribution in [0.3, 0.4) is 0 Å². The molecule has 0 bridgehead atoms. The van der Waals surface area contributed by atoms with Crippen LogP contribution in [0.2, 0.25) is 0 Å². The van der Waals surface area contributed by atoms with Crippen molar-refractivity contribution in [1.82, 2.24) is 9.36 Å². The Bertz CT molecular complexity index is 1240. The molecule has 172 valence electrons. The molecular weight excluding hydrogens is 426 g/mol. The number of hydrogen-bond acceptors (Lipinski definition) is 4. The number of rotatable bonds is 9. The lowest BCUT2D eigenvalue weighted by atomic mass is 10.0. The molecule has 0 saturated carbocycles. The fraction of sp³-hybridized carbons (Fsp3) is 0.375. The third-order valence-electron chi connectivity index (χ3n) is 5.46. The fourth-order valence-electron chi connectivity index (χ4n) is 3.48. The minimum atomic E-state index is -3.97. The number of nitrogens with one attached hydrogen (secondary N) is 1. The Morgan fingerprint density at radius 1 is 1.09 bits per heavy atom. The molecule has 0 aliphatic carbocycles. The molecular formula is C24H31N3O4S. The number of hydrogen-bond donors (Lipinski definition) is 1. The van der Waals surface area contributed by atoms with Crippen LogP contribution in [0.15, 0.2) is 58.2 Å². The second kappa shape index (κ2) is 9.65. The molecule has 0 aliphatic rings. The Morgan fingerprint density at radius 3 is 2.41 bits per heavy atom. The molecule has 0 fully saturated rings. The second-order valence-corrected chi connectivity index (χ2v) is 9.78. The molecule has 2 aromatic carbocycles. The standard InChI is InChI=1S/C24H31N3O4S/c1-6-7-15-31-22-14-13-20(16-21(22)17(2)3)32(29,30)25-23-18(4)26(5)27(24(23)28)19-11-9-8-10-12-19/h8-14,16-17,25H,6-7,15H2,1-5H3. The summed E-state index contributed by atoms with van der Waals surface area (Å²) in [6.07, 6.45) is 1.95. The van der Waals surface area contributed by atoms with Crippen LogP contribution in [0.4, 0.5) is 5.69 Å². The Morgan fingerprint density at radius 2 is 1.78 bits per heavy atom. The number of benzene rings is 2. The highest BCUT2D eigenvalue weighted by molar-refractivity contribution is 7.92. The van der Waals surface area contributed by atoms with E-state index in [0.29, 0.717) is 23.7 Å². The molecule has 8 heteroatoms. The first-order valence-electron chi connectivity index (χ1n) is 10.8. The van der Waals surface area contributed by atoms with Crippen LogP contribution in [0.5, 0.6) is 5.75 Å². The van der Waals surface area contributed by atoms with E-state index in [1.165, 1.54) is 10.7 Å². The number of unbranched alkanes of at least 4 members (excludes halogenated alkanes) is 1. The van der Waals surface area contributed by atoms with E-state index in [1.807, 2.05) is 32.0 Å². The van der Waals surface area contributed by atoms with E-state index in [4.69, 9.17) is 4.74 Å². The van der Waals surface area contributed by atoms with Gasteiger partial charge in [-0.15, -0.1) is 0 Å². The van der Waals surface area contributed by atoms with Crippen molar-refractivity contribution in [2.45, 2.75) is 51.3 Å². The van der Waals surface area contributed by atoms with Crippen molar-refractivity contribution >= 4 is 15.7 Å². The van der Waals surface area contributed by atoms with Gasteiger partial charge in [0, 0.05) is 7.05 Å². The van der Waals surface area contributed by atoms with Crippen LogP contribution in [-0.4, -0.2) is 24.4 Å². The number of nitrogens with zero attached hydrogens (tertiary/aromatic N) is 2. The summed E-state index contributed by atoms with van der Waals surface area (Å²) in [5, 5.41) is 0. The monoisotopic (exact) mass is 457 g/mol. The van der Waals surface area contributed by atoms with Crippen LogP contribution >= 0.6 is 0 Å². The summed E-state index contributed by atoms with van der Waals surface area (Å²) in [6.45, 7) is 8.37. The Kier molecular flexibility index (Phi) is 7.13. The van der Waals surface area contributed by atoms with E-state index in [9.17, 15) is 13.2 Å². The van der Waals surface area contributed by atoms with Gasteiger partial charge < -0.3 is 4.74 Å². The van der Waals surface area contributed by atoms with Crippen molar-refractivity contribution in [2.24, 2.45) is 7.05 Å². The van der Waals surface area contributed by atoms with Crippen LogP contribution < -0.4 is 15.0 Å². The van der Waals surface area contributed by atoms with Gasteiger partial charge in [0.2, 0.25) is 0 Å². The zero-order chi connectivity index (χ0) is 23.5. The maximum atomic E-state index is 13.2. The van der Waals surface area contributed by atoms with Crippen LogP contribution in [0.25, 0.3) is 5.69 Å². The maximum Gasteiger partial charge on any atom is 0.296 e. The van der Waals surface area contributed by atoms with Gasteiger partial charge in [0.15, 0.2) is 0 Å². The highest BCUT2D eigenvalue weighted by Crippen LogP contribution is 2.30. The third-order valence-corrected chi connectivity index (χ3v) is 6.81. The highest BCUT2D eigenvalue weighted by Gasteiger charge is 2.24. The first kappa shape index (κ1) is 23.7. The molecule has 0 amide bonds. The van der Waals surface area contributed by atoms with Crippen molar-refractivity contribution in [3.05, 3.63) is 70.1 Å². The van der Waals surface area contributed by atoms with Crippen LogP contribution in [0, 0.1) is 6.92 Å². The topological polar surface area (TPSA) is 82.3 Å². The van der Waals surface area contributed by atoms with Crippen LogP contribution in [0.1, 0.15) is 50.8 Å². The van der Waals surface area contributed by atoms with Gasteiger partial charge in [-0.1, -0.05) is 45.4 Å². The molecule has 1 aromatic heterocycles. The van der Waals surface area contributed by atoms with E-state index in [0.717, 1.165) is 18.4 Å². The molecule has 3 rings (SSSR count). The molecule has 0 spiro atoms. The van der Waals surface area contributed by atoms with Gasteiger partial charge in [0.1, 0.15) is 11.4 Å². The minimum absolute atomic E-state index is 0.0331. The van der Waals surface area contributed by atoms with E-state index in [2.05, 4.69) is 11.6 Å². The van der Waals surface area contributed by atoms with Crippen molar-refractivity contribution in [1.29, 1.82) is 0 Å². The molecule has 1 N–H and O–H groups in total. The zero-order valence-electron chi connectivity index (χ0n) is 19.3. The number of ether oxygens (including phenoxy) is 1. The minimum Gasteiger partial charge on any atom is -0.493 e. The van der Waals surface area contributed by atoms with E-state index in [-0.39, 0.29) is 16.5 Å². The third kappa shape index (κ3) is 4.75. The lowest BCUT2D eigenvalue weighted by molar-refractivity contribution is 0.305. The molecule has 0 aliphatic heterocycles. The summed E-state index contributed by atoms with van der Waals surface area (Å²) in [5.41, 5.74) is 1.60. The second-order valence-electron chi connectivity index (χ2n) is 8.10. The van der Waals surface area contributed by atoms with Gasteiger partial charge in [-0.05, 0) is 55.2 Å². The van der Waals surface area contributed by atoms with Gasteiger partial charge in [-0.2, -0.15) is 0 Å². The molecule has 32 heavy (non-hydrogen) atoms. The first-order chi connectivity index (χ1) is 15.2. The molecule has 0 radical (unpaired) electrons. The molecule has 1 heterocycles. The summed E-state index contributed by atoms with van der Waals surface area (Å²) in [6, 6.07) is 13.9. The smallest absolute Gasteiger partial charge is 0.296 e. The van der Waals surface area contributed by atoms with E-state index in [1.54, 1.807) is 42.9 Å². The fourth-order valence-corrected chi connectivity index (χ4v) is 4.63. The summed E-state index contributed by atoms with van der Waals surface area (Å²) in [5.74, 6) is 0.769. The predicted molar refractivity (Wildman–Crippen MR) is 127 cm³/mol. The van der Waals surface area contributed by atoms with E-state index < -0.39 is 15.6 Å². The Balaban J connectivity index is 1.98. The molecule has 0 atom stereocenters. The normalized spacial score (nSPS) is 11.7. The Hall–Kier alpha value is -3.00. The summed E-state index contributed by atoms with van der Waals surface area (Å²) in [4.78, 5) is 13.2. The molecule has 0 unspecified atom stereocenters. The average molecular weight is 458 g/mol. The number of sulfonamides is 1. The zero-order valence-corrected chi connectivity index (χ0v) is 20.1. The number of aromatic nitrogens is 2. The van der Waals surface area contributed by atoms with Crippen molar-refractivity contribution in [3.63, 3.8) is 0 Å². The highest BCUT2D eigenvalue weighted by atomic mass is 32.2. The number of para-hydroxylation sites is 1. The molecule has 0 saturated heterocycles. The average Bonchev–Trinajstić information content (AvgIpc) is 2.97. The largest absolute Gasteiger partial charge is 0.493 e. The lowest BCUT2D eigenvalue weighted by Crippen LogP contribution is -2.23. The summed E-state index contributed by atoms with van der Waals surface area (Å²) < 4.78 is 37.9. The predicted octanol–water partition coefficient (Wildman–Crippen LogP) is 4.59. The van der Waals surface area contributed by atoms with Gasteiger partial charge >= 0.3 is 0 Å². The van der Waals surface area contributed by atoms with Crippen molar-refractivity contribution < 1.29 is 13.2 Å². The quantitative estimate of drug-likeness (QED) is 0.477. The van der Waals surface area contributed by atoms with Gasteiger partial charge in [-0.3, -0.25) is 14.2 Å². The number of anilines is 1. The summed E-state index contributed by atoms with van der Waals surface area (Å²) >= 11 is 0. The van der Waals surface area contributed by atoms with Gasteiger partial charge in [0.05, 0.1) is 22.9 Å². The molecule has 7 nitrogen and oxygen atoms in total. The lowest BCUT2D eigenvalue weighted by Gasteiger charge is -2.16. The van der Waals surface area contributed by atoms with Crippen molar-refractivity contribution in [2.75, 3.05) is 11.3 Å². The SMILES string of the molecule is CCCCOc1ccc(S(=O)(=O)Nc2c(C)n(C)n(-c3ccccc3)c2=O)cc1C(C)C. The van der Waals surface area contributed by atoms with Gasteiger partial charge in [0.25, 0.3) is 15.6 Å². The first-order valence-corrected chi connectivity index (χ1v) is 12.3. The van der Waals surface area contributed by atoms with E-state index >= 15 is 0 Å². The summed E-state index contributed by atoms with van der Waals surface area (Å²) in [7, 11) is -2.25. The maximum absolute atomic E-state index is 13.2. The molecule has 3 aromatic rings. The van der Waals surface area contributed by atoms with Crippen LogP contribution in [-0.2, 0) is 17.1 Å². The van der Waals surface area contributed by atoms with Crippen molar-refractivity contribution in [3.8, 4) is 11.4 Å². The van der Waals surface area contributed by atoms with Gasteiger partial charge in [-0.25, -0.2) is 13.1 Å².